The number of thiophene rings is 1. The van der Waals surface area contributed by atoms with Gasteiger partial charge in [0, 0.05) is 10.9 Å². The SMILES string of the molecule is C=C(C)COc1ccc(-c2csc(N)c2C(=O)OCC)cc1. The van der Waals surface area contributed by atoms with Gasteiger partial charge in [-0.1, -0.05) is 18.7 Å². The molecule has 0 bridgehead atoms. The quantitative estimate of drug-likeness (QED) is 0.643. The maximum Gasteiger partial charge on any atom is 0.341 e. The molecule has 0 fully saturated rings. The van der Waals surface area contributed by atoms with E-state index < -0.39 is 0 Å². The third kappa shape index (κ3) is 3.68. The first-order chi connectivity index (χ1) is 10.5. The second-order valence-corrected chi connectivity index (χ2v) is 5.79. The van der Waals surface area contributed by atoms with Gasteiger partial charge in [0.2, 0.25) is 0 Å². The molecule has 0 unspecified atom stereocenters. The van der Waals surface area contributed by atoms with E-state index in [1.54, 1.807) is 6.92 Å². The molecule has 0 radical (unpaired) electrons. The van der Waals surface area contributed by atoms with Crippen LogP contribution in [0.3, 0.4) is 0 Å². The zero-order valence-corrected chi connectivity index (χ0v) is 13.5. The van der Waals surface area contributed by atoms with Gasteiger partial charge in [0.05, 0.1) is 6.61 Å². The van der Waals surface area contributed by atoms with E-state index in [1.807, 2.05) is 36.6 Å². The molecular weight excluding hydrogens is 298 g/mol. The van der Waals surface area contributed by atoms with E-state index in [0.717, 1.165) is 22.4 Å². The molecule has 4 nitrogen and oxygen atoms in total. The number of hydrogen-bond acceptors (Lipinski definition) is 5. The van der Waals surface area contributed by atoms with Crippen molar-refractivity contribution >= 4 is 22.3 Å². The van der Waals surface area contributed by atoms with Gasteiger partial charge >= 0.3 is 5.97 Å². The first-order valence-corrected chi connectivity index (χ1v) is 7.82. The number of benzene rings is 1. The van der Waals surface area contributed by atoms with Gasteiger partial charge in [-0.15, -0.1) is 11.3 Å². The van der Waals surface area contributed by atoms with Gasteiger partial charge < -0.3 is 15.2 Å². The maximum absolute atomic E-state index is 12.0. The lowest BCUT2D eigenvalue weighted by molar-refractivity contribution is 0.0529. The van der Waals surface area contributed by atoms with Crippen LogP contribution < -0.4 is 10.5 Å². The third-order valence-electron chi connectivity index (χ3n) is 2.95. The number of hydrogen-bond donors (Lipinski definition) is 1. The zero-order valence-electron chi connectivity index (χ0n) is 12.7. The summed E-state index contributed by atoms with van der Waals surface area (Å²) in [5.74, 6) is 0.367. The van der Waals surface area contributed by atoms with Gasteiger partial charge in [-0.25, -0.2) is 4.79 Å². The summed E-state index contributed by atoms with van der Waals surface area (Å²) in [4.78, 5) is 12.0. The van der Waals surface area contributed by atoms with E-state index in [1.165, 1.54) is 11.3 Å². The Hall–Kier alpha value is -2.27. The van der Waals surface area contributed by atoms with E-state index in [0.29, 0.717) is 23.8 Å². The van der Waals surface area contributed by atoms with Crippen LogP contribution in [0.15, 0.2) is 41.8 Å². The van der Waals surface area contributed by atoms with Gasteiger partial charge in [0.15, 0.2) is 0 Å². The predicted octanol–water partition coefficient (Wildman–Crippen LogP) is 4.13. The fourth-order valence-electron chi connectivity index (χ4n) is 1.94. The molecule has 0 aliphatic rings. The number of esters is 1. The molecule has 0 saturated heterocycles. The van der Waals surface area contributed by atoms with Gasteiger partial charge in [-0.3, -0.25) is 0 Å². The van der Waals surface area contributed by atoms with Gasteiger partial charge in [0.25, 0.3) is 0 Å². The molecular formula is C17H19NO3S. The van der Waals surface area contributed by atoms with Crippen molar-refractivity contribution in [1.29, 1.82) is 0 Å². The highest BCUT2D eigenvalue weighted by Gasteiger charge is 2.19. The van der Waals surface area contributed by atoms with Crippen LogP contribution in [0.2, 0.25) is 0 Å². The summed E-state index contributed by atoms with van der Waals surface area (Å²) < 4.78 is 10.6. The van der Waals surface area contributed by atoms with E-state index in [-0.39, 0.29) is 5.97 Å². The highest BCUT2D eigenvalue weighted by Crippen LogP contribution is 2.34. The molecule has 0 aliphatic carbocycles. The topological polar surface area (TPSA) is 61.5 Å². The highest BCUT2D eigenvalue weighted by molar-refractivity contribution is 7.14. The van der Waals surface area contributed by atoms with Crippen LogP contribution in [0.25, 0.3) is 11.1 Å². The fraction of sp³-hybridized carbons (Fsp3) is 0.235. The Morgan fingerprint density at radius 2 is 2.00 bits per heavy atom. The summed E-state index contributed by atoms with van der Waals surface area (Å²) in [7, 11) is 0. The number of carbonyl (C=O) groups excluding carboxylic acids is 1. The molecule has 0 amide bonds. The lowest BCUT2D eigenvalue weighted by Crippen LogP contribution is -2.07. The van der Waals surface area contributed by atoms with Gasteiger partial charge in [0.1, 0.15) is 22.9 Å². The van der Waals surface area contributed by atoms with E-state index in [9.17, 15) is 4.79 Å². The van der Waals surface area contributed by atoms with E-state index in [2.05, 4.69) is 6.58 Å². The first kappa shape index (κ1) is 16.1. The van der Waals surface area contributed by atoms with Crippen molar-refractivity contribution in [3.05, 3.63) is 47.4 Å². The number of nitrogens with two attached hydrogens (primary N) is 1. The molecule has 1 aromatic heterocycles. The maximum atomic E-state index is 12.0. The van der Waals surface area contributed by atoms with Crippen molar-refractivity contribution in [2.75, 3.05) is 18.9 Å². The summed E-state index contributed by atoms with van der Waals surface area (Å²) in [5.41, 5.74) is 8.98. The molecule has 116 valence electrons. The molecule has 2 rings (SSSR count). The van der Waals surface area contributed by atoms with Crippen LogP contribution in [0.5, 0.6) is 5.75 Å². The predicted molar refractivity (Wildman–Crippen MR) is 90.4 cm³/mol. The number of rotatable bonds is 6. The average Bonchev–Trinajstić information content (AvgIpc) is 2.87. The minimum atomic E-state index is -0.390. The second-order valence-electron chi connectivity index (χ2n) is 4.88. The minimum absolute atomic E-state index is 0.321. The van der Waals surface area contributed by atoms with Crippen LogP contribution in [-0.4, -0.2) is 19.2 Å². The molecule has 0 aliphatic heterocycles. The molecule has 0 spiro atoms. The van der Waals surface area contributed by atoms with Crippen LogP contribution >= 0.6 is 11.3 Å². The minimum Gasteiger partial charge on any atom is -0.489 e. The molecule has 1 aromatic carbocycles. The Kier molecular flexibility index (Phi) is 5.22. The van der Waals surface area contributed by atoms with E-state index in [4.69, 9.17) is 15.2 Å². The van der Waals surface area contributed by atoms with Crippen molar-refractivity contribution in [3.8, 4) is 16.9 Å². The van der Waals surface area contributed by atoms with Gasteiger partial charge in [-0.2, -0.15) is 0 Å². The summed E-state index contributed by atoms with van der Waals surface area (Å²) in [6.07, 6.45) is 0. The van der Waals surface area contributed by atoms with Crippen LogP contribution in [-0.2, 0) is 4.74 Å². The van der Waals surface area contributed by atoms with Crippen LogP contribution in [0, 0.1) is 0 Å². The van der Waals surface area contributed by atoms with Crippen molar-refractivity contribution in [2.45, 2.75) is 13.8 Å². The molecule has 2 aromatic rings. The highest BCUT2D eigenvalue weighted by atomic mass is 32.1. The molecule has 5 heteroatoms. The van der Waals surface area contributed by atoms with Crippen molar-refractivity contribution in [2.24, 2.45) is 0 Å². The van der Waals surface area contributed by atoms with E-state index >= 15 is 0 Å². The summed E-state index contributed by atoms with van der Waals surface area (Å²) in [5, 5.41) is 2.33. The number of carbonyl (C=O) groups is 1. The summed E-state index contributed by atoms with van der Waals surface area (Å²) >= 11 is 1.33. The lowest BCUT2D eigenvalue weighted by Gasteiger charge is -2.08. The average molecular weight is 317 g/mol. The Morgan fingerprint density at radius 1 is 1.32 bits per heavy atom. The van der Waals surface area contributed by atoms with Crippen LogP contribution in [0.4, 0.5) is 5.00 Å². The third-order valence-corrected chi connectivity index (χ3v) is 3.76. The normalized spacial score (nSPS) is 10.3. The van der Waals surface area contributed by atoms with Gasteiger partial charge in [-0.05, 0) is 37.1 Å². The summed E-state index contributed by atoms with van der Waals surface area (Å²) in [6, 6.07) is 7.53. The Bertz CT molecular complexity index is 674. The number of ether oxygens (including phenoxy) is 2. The second kappa shape index (κ2) is 7.13. The largest absolute Gasteiger partial charge is 0.489 e. The van der Waals surface area contributed by atoms with Crippen molar-refractivity contribution in [3.63, 3.8) is 0 Å². The molecule has 2 N–H and O–H groups in total. The monoisotopic (exact) mass is 317 g/mol. The smallest absolute Gasteiger partial charge is 0.341 e. The fourth-order valence-corrected chi connectivity index (χ4v) is 2.75. The molecule has 22 heavy (non-hydrogen) atoms. The Balaban J connectivity index is 2.25. The standard InChI is InChI=1S/C17H19NO3S/c1-4-20-17(19)15-14(10-22-16(15)18)12-5-7-13(8-6-12)21-9-11(2)3/h5-8,10H,2,4,9,18H2,1,3H3. The summed E-state index contributed by atoms with van der Waals surface area (Å²) in [6.45, 7) is 8.29. The molecule has 0 saturated carbocycles. The lowest BCUT2D eigenvalue weighted by atomic mass is 10.0. The first-order valence-electron chi connectivity index (χ1n) is 6.94. The van der Waals surface area contributed by atoms with Crippen molar-refractivity contribution in [1.82, 2.24) is 0 Å². The number of anilines is 1. The Morgan fingerprint density at radius 3 is 2.59 bits per heavy atom. The van der Waals surface area contributed by atoms with Crippen molar-refractivity contribution < 1.29 is 14.3 Å². The Labute approximate surface area is 134 Å². The molecule has 1 heterocycles. The van der Waals surface area contributed by atoms with Crippen LogP contribution in [0.1, 0.15) is 24.2 Å². The zero-order chi connectivity index (χ0) is 16.1. The molecule has 0 atom stereocenters. The number of nitrogen functional groups attached to an aromatic ring is 1.